The molecule has 0 aromatic heterocycles. The molecule has 0 bridgehead atoms. The van der Waals surface area contributed by atoms with Gasteiger partial charge in [-0.15, -0.1) is 12.6 Å². The molecule has 4 heteroatoms. The zero-order chi connectivity index (χ0) is 10.7. The molecule has 0 aliphatic rings. The van der Waals surface area contributed by atoms with Crippen molar-refractivity contribution in [2.45, 2.75) is 18.2 Å². The van der Waals surface area contributed by atoms with Gasteiger partial charge in [0.05, 0.1) is 18.1 Å². The summed E-state index contributed by atoms with van der Waals surface area (Å²) < 4.78 is 0. The number of carboxylic acids is 1. The minimum Gasteiger partial charge on any atom is -0.481 e. The number of carbonyl (C=O) groups is 1. The van der Waals surface area contributed by atoms with Crippen LogP contribution in [0.5, 0.6) is 0 Å². The van der Waals surface area contributed by atoms with E-state index in [2.05, 4.69) is 12.6 Å². The molecule has 72 valence electrons. The number of thiol groups is 1. The van der Waals surface area contributed by atoms with Crippen LogP contribution in [0.4, 0.5) is 0 Å². The first-order valence-electron chi connectivity index (χ1n) is 3.99. The molecule has 0 unspecified atom stereocenters. The van der Waals surface area contributed by atoms with Gasteiger partial charge < -0.3 is 5.11 Å². The molecule has 0 atom stereocenters. The van der Waals surface area contributed by atoms with Gasteiger partial charge in [0, 0.05) is 4.90 Å². The van der Waals surface area contributed by atoms with Crippen LogP contribution < -0.4 is 0 Å². The third-order valence-corrected chi connectivity index (χ3v) is 2.49. The van der Waals surface area contributed by atoms with E-state index < -0.39 is 5.97 Å². The smallest absolute Gasteiger partial charge is 0.307 e. The molecule has 0 fully saturated rings. The molecule has 0 spiro atoms. The Labute approximate surface area is 87.4 Å². The summed E-state index contributed by atoms with van der Waals surface area (Å²) in [4.78, 5) is 11.2. The molecule has 1 N–H and O–H groups in total. The fraction of sp³-hybridized carbons (Fsp3) is 0.200. The van der Waals surface area contributed by atoms with Gasteiger partial charge in [-0.25, -0.2) is 0 Å². The van der Waals surface area contributed by atoms with Gasteiger partial charge in [0.2, 0.25) is 0 Å². The molecule has 1 aromatic rings. The minimum atomic E-state index is -0.921. The van der Waals surface area contributed by atoms with Gasteiger partial charge in [0.25, 0.3) is 0 Å². The molecule has 0 radical (unpaired) electrons. The Morgan fingerprint density at radius 1 is 1.64 bits per heavy atom. The van der Waals surface area contributed by atoms with Crippen LogP contribution in [0.3, 0.4) is 0 Å². The van der Waals surface area contributed by atoms with Crippen LogP contribution >= 0.6 is 12.6 Å². The highest BCUT2D eigenvalue weighted by atomic mass is 32.1. The molecule has 0 saturated heterocycles. The summed E-state index contributed by atoms with van der Waals surface area (Å²) in [6.45, 7) is 1.80. The lowest BCUT2D eigenvalue weighted by Gasteiger charge is -2.06. The summed E-state index contributed by atoms with van der Waals surface area (Å²) in [5.41, 5.74) is 1.87. The first kappa shape index (κ1) is 10.6. The van der Waals surface area contributed by atoms with E-state index in [1.165, 1.54) is 0 Å². The standard InChI is InChI=1S/C10H9NO2S/c1-6-2-7(5-11)3-8(10(6)14)4-9(12)13/h2-3,14H,4H2,1H3,(H,12,13). The zero-order valence-electron chi connectivity index (χ0n) is 7.61. The third kappa shape index (κ3) is 2.27. The molecule has 1 aromatic carbocycles. The second-order valence-electron chi connectivity index (χ2n) is 2.98. The third-order valence-electron chi connectivity index (χ3n) is 1.85. The number of hydrogen-bond donors (Lipinski definition) is 2. The normalized spacial score (nSPS) is 9.50. The summed E-state index contributed by atoms with van der Waals surface area (Å²) in [5, 5.41) is 17.3. The van der Waals surface area contributed by atoms with Gasteiger partial charge in [-0.3, -0.25) is 4.79 Å². The van der Waals surface area contributed by atoms with Gasteiger partial charge in [-0.1, -0.05) is 0 Å². The fourth-order valence-corrected chi connectivity index (χ4v) is 1.42. The predicted molar refractivity (Wildman–Crippen MR) is 54.5 cm³/mol. The Kier molecular flexibility index (Phi) is 3.15. The number of benzene rings is 1. The number of aliphatic carboxylic acids is 1. The van der Waals surface area contributed by atoms with Crippen LogP contribution in [0.1, 0.15) is 16.7 Å². The minimum absolute atomic E-state index is 0.102. The van der Waals surface area contributed by atoms with Gasteiger partial charge in [-0.05, 0) is 30.2 Å². The van der Waals surface area contributed by atoms with E-state index >= 15 is 0 Å². The van der Waals surface area contributed by atoms with Gasteiger partial charge in [-0.2, -0.15) is 5.26 Å². The Morgan fingerprint density at radius 3 is 2.79 bits per heavy atom. The molecule has 0 amide bonds. The lowest BCUT2D eigenvalue weighted by molar-refractivity contribution is -0.136. The van der Waals surface area contributed by atoms with Crippen molar-refractivity contribution in [1.29, 1.82) is 5.26 Å². The van der Waals surface area contributed by atoms with Crippen molar-refractivity contribution in [2.75, 3.05) is 0 Å². The van der Waals surface area contributed by atoms with Gasteiger partial charge >= 0.3 is 5.97 Å². The summed E-state index contributed by atoms with van der Waals surface area (Å²) in [6, 6.07) is 5.23. The average molecular weight is 207 g/mol. The van der Waals surface area contributed by atoms with E-state index in [1.54, 1.807) is 19.1 Å². The van der Waals surface area contributed by atoms with Crippen molar-refractivity contribution in [3.63, 3.8) is 0 Å². The molecule has 1 rings (SSSR count). The van der Waals surface area contributed by atoms with Crippen molar-refractivity contribution in [2.24, 2.45) is 0 Å². The molecule has 14 heavy (non-hydrogen) atoms. The highest BCUT2D eigenvalue weighted by Crippen LogP contribution is 2.21. The van der Waals surface area contributed by atoms with Gasteiger partial charge in [0.1, 0.15) is 0 Å². The highest BCUT2D eigenvalue weighted by Gasteiger charge is 2.08. The number of rotatable bonds is 2. The number of hydrogen-bond acceptors (Lipinski definition) is 3. The maximum atomic E-state index is 10.5. The first-order chi connectivity index (χ1) is 6.54. The second-order valence-corrected chi connectivity index (χ2v) is 3.43. The molecular weight excluding hydrogens is 198 g/mol. The van der Waals surface area contributed by atoms with Crippen LogP contribution in [0, 0.1) is 18.3 Å². The van der Waals surface area contributed by atoms with Gasteiger partial charge in [0.15, 0.2) is 0 Å². The number of nitriles is 1. The quantitative estimate of drug-likeness (QED) is 0.727. The van der Waals surface area contributed by atoms with E-state index in [0.29, 0.717) is 16.0 Å². The van der Waals surface area contributed by atoms with Crippen molar-refractivity contribution in [3.8, 4) is 6.07 Å². The second kappa shape index (κ2) is 4.16. The van der Waals surface area contributed by atoms with Crippen molar-refractivity contribution in [3.05, 3.63) is 28.8 Å². The summed E-state index contributed by atoms with van der Waals surface area (Å²) in [5.74, 6) is -0.921. The van der Waals surface area contributed by atoms with Crippen LogP contribution in [0.25, 0.3) is 0 Å². The lowest BCUT2D eigenvalue weighted by Crippen LogP contribution is -2.02. The van der Waals surface area contributed by atoms with Crippen LogP contribution in [-0.2, 0) is 11.2 Å². The first-order valence-corrected chi connectivity index (χ1v) is 4.43. The summed E-state index contributed by atoms with van der Waals surface area (Å²) >= 11 is 4.20. The largest absolute Gasteiger partial charge is 0.481 e. The lowest BCUT2D eigenvalue weighted by atomic mass is 10.0. The Bertz CT molecular complexity index is 421. The monoisotopic (exact) mass is 207 g/mol. The van der Waals surface area contributed by atoms with E-state index in [-0.39, 0.29) is 6.42 Å². The molecule has 3 nitrogen and oxygen atoms in total. The highest BCUT2D eigenvalue weighted by molar-refractivity contribution is 7.80. The predicted octanol–water partition coefficient (Wildman–Crippen LogP) is 1.78. The van der Waals surface area contributed by atoms with Crippen LogP contribution in [0.15, 0.2) is 17.0 Å². The topological polar surface area (TPSA) is 61.1 Å². The summed E-state index contributed by atoms with van der Waals surface area (Å²) in [6.07, 6.45) is -0.102. The van der Waals surface area contributed by atoms with Crippen LogP contribution in [-0.4, -0.2) is 11.1 Å². The zero-order valence-corrected chi connectivity index (χ0v) is 8.51. The number of nitrogens with zero attached hydrogens (tertiary/aromatic N) is 1. The van der Waals surface area contributed by atoms with Crippen molar-refractivity contribution in [1.82, 2.24) is 0 Å². The van der Waals surface area contributed by atoms with E-state index in [4.69, 9.17) is 10.4 Å². The maximum Gasteiger partial charge on any atom is 0.307 e. The molecule has 0 saturated carbocycles. The van der Waals surface area contributed by atoms with Crippen molar-refractivity contribution < 1.29 is 9.90 Å². The Morgan fingerprint density at radius 2 is 2.29 bits per heavy atom. The number of carboxylic acid groups (broad SMARTS) is 1. The SMILES string of the molecule is Cc1cc(C#N)cc(CC(=O)O)c1S. The van der Waals surface area contributed by atoms with E-state index in [0.717, 1.165) is 5.56 Å². The Hall–Kier alpha value is -1.47. The molecule has 0 aliphatic carbocycles. The average Bonchev–Trinajstić information content (AvgIpc) is 2.11. The van der Waals surface area contributed by atoms with E-state index in [1.807, 2.05) is 6.07 Å². The summed E-state index contributed by atoms with van der Waals surface area (Å²) in [7, 11) is 0. The molecular formula is C10H9NO2S. The fourth-order valence-electron chi connectivity index (χ4n) is 1.21. The molecule has 0 heterocycles. The molecule has 0 aliphatic heterocycles. The van der Waals surface area contributed by atoms with Crippen molar-refractivity contribution >= 4 is 18.6 Å². The Balaban J connectivity index is 3.21. The maximum absolute atomic E-state index is 10.5. The van der Waals surface area contributed by atoms with E-state index in [9.17, 15) is 4.79 Å². The number of aryl methyl sites for hydroxylation is 1. The van der Waals surface area contributed by atoms with Crippen LogP contribution in [0.2, 0.25) is 0 Å².